The van der Waals surface area contributed by atoms with Crippen LogP contribution in [0.15, 0.2) is 48.5 Å². The molecule has 1 aliphatic heterocycles. The van der Waals surface area contributed by atoms with Gasteiger partial charge in [0.15, 0.2) is 0 Å². The van der Waals surface area contributed by atoms with Gasteiger partial charge in [-0.2, -0.15) is 0 Å². The molecule has 2 aliphatic rings. The molecule has 0 unspecified atom stereocenters. The van der Waals surface area contributed by atoms with Crippen LogP contribution in [0.4, 0.5) is 0 Å². The van der Waals surface area contributed by atoms with Crippen LogP contribution in [0.2, 0.25) is 0 Å². The van der Waals surface area contributed by atoms with Crippen LogP contribution in [0, 0.1) is 0 Å². The molecule has 0 saturated carbocycles. The smallest absolute Gasteiger partial charge is 0.114 e. The van der Waals surface area contributed by atoms with Crippen molar-refractivity contribution >= 4 is 0 Å². The number of rotatable bonds is 0. The highest BCUT2D eigenvalue weighted by molar-refractivity contribution is 5.45. The summed E-state index contributed by atoms with van der Waals surface area (Å²) in [7, 11) is 0. The summed E-state index contributed by atoms with van der Waals surface area (Å²) in [4.78, 5) is 0. The fraction of sp³-hybridized carbons (Fsp3) is 0.200. The van der Waals surface area contributed by atoms with Crippen molar-refractivity contribution in [2.45, 2.75) is 18.6 Å². The zero-order chi connectivity index (χ0) is 10.5. The Morgan fingerprint density at radius 3 is 1.81 bits per heavy atom. The Morgan fingerprint density at radius 1 is 0.750 bits per heavy atom. The first-order chi connectivity index (χ1) is 7.93. The van der Waals surface area contributed by atoms with Gasteiger partial charge in [0.05, 0.1) is 0 Å². The lowest BCUT2D eigenvalue weighted by atomic mass is 10.00. The van der Waals surface area contributed by atoms with Crippen LogP contribution in [0.25, 0.3) is 0 Å². The van der Waals surface area contributed by atoms with E-state index in [0.717, 1.165) is 6.42 Å². The van der Waals surface area contributed by atoms with E-state index in [1.165, 1.54) is 22.3 Å². The Balaban J connectivity index is 1.94. The van der Waals surface area contributed by atoms with Gasteiger partial charge in [0.25, 0.3) is 0 Å². The summed E-state index contributed by atoms with van der Waals surface area (Å²) in [6.07, 6.45) is 1.66. The maximum Gasteiger partial charge on any atom is 0.114 e. The zero-order valence-corrected chi connectivity index (χ0v) is 8.89. The molecule has 78 valence electrons. The normalized spacial score (nSPS) is 25.0. The van der Waals surface area contributed by atoms with Gasteiger partial charge in [-0.15, -0.1) is 0 Å². The van der Waals surface area contributed by atoms with E-state index in [2.05, 4.69) is 48.5 Å². The van der Waals surface area contributed by atoms with E-state index in [9.17, 15) is 0 Å². The van der Waals surface area contributed by atoms with Gasteiger partial charge in [0.1, 0.15) is 12.2 Å². The highest BCUT2D eigenvalue weighted by Gasteiger charge is 2.45. The van der Waals surface area contributed by atoms with Crippen LogP contribution in [0.3, 0.4) is 0 Å². The van der Waals surface area contributed by atoms with Crippen molar-refractivity contribution in [3.63, 3.8) is 0 Å². The monoisotopic (exact) mass is 208 g/mol. The van der Waals surface area contributed by atoms with E-state index in [1.807, 2.05) is 0 Å². The van der Waals surface area contributed by atoms with E-state index >= 15 is 0 Å². The minimum atomic E-state index is 0.305. The number of benzene rings is 2. The molecule has 1 aliphatic carbocycles. The molecule has 2 aromatic rings. The third-order valence-corrected chi connectivity index (χ3v) is 3.60. The van der Waals surface area contributed by atoms with Gasteiger partial charge in [-0.3, -0.25) is 0 Å². The molecule has 0 spiro atoms. The van der Waals surface area contributed by atoms with Crippen molar-refractivity contribution < 1.29 is 4.74 Å². The number of fused-ring (bicyclic) bond motifs is 5. The molecule has 16 heavy (non-hydrogen) atoms. The van der Waals surface area contributed by atoms with Crippen molar-refractivity contribution in [3.8, 4) is 0 Å². The predicted molar refractivity (Wildman–Crippen MR) is 62.3 cm³/mol. The average molecular weight is 208 g/mol. The summed E-state index contributed by atoms with van der Waals surface area (Å²) in [6.45, 7) is 0. The molecular weight excluding hydrogens is 196 g/mol. The highest BCUT2D eigenvalue weighted by atomic mass is 16.6. The molecule has 1 heteroatoms. The Morgan fingerprint density at radius 2 is 1.25 bits per heavy atom. The summed E-state index contributed by atoms with van der Waals surface area (Å²) in [6, 6.07) is 17.3. The van der Waals surface area contributed by atoms with Gasteiger partial charge in [0.2, 0.25) is 0 Å². The lowest BCUT2D eigenvalue weighted by molar-refractivity contribution is 0.375. The second kappa shape index (κ2) is 2.96. The third-order valence-electron chi connectivity index (χ3n) is 3.60. The second-order valence-corrected chi connectivity index (χ2v) is 4.55. The van der Waals surface area contributed by atoms with Crippen LogP contribution in [-0.2, 0) is 11.2 Å². The fourth-order valence-electron chi connectivity index (χ4n) is 2.74. The molecule has 1 nitrogen and oxygen atoms in total. The quantitative estimate of drug-likeness (QED) is 0.604. The van der Waals surface area contributed by atoms with Crippen molar-refractivity contribution in [1.29, 1.82) is 0 Å². The lowest BCUT2D eigenvalue weighted by Gasteiger charge is -2.07. The van der Waals surface area contributed by atoms with E-state index in [0.29, 0.717) is 12.2 Å². The van der Waals surface area contributed by atoms with Crippen molar-refractivity contribution in [2.75, 3.05) is 0 Å². The predicted octanol–water partition coefficient (Wildman–Crippen LogP) is 3.40. The summed E-state index contributed by atoms with van der Waals surface area (Å²) in [5.41, 5.74) is 5.59. The molecule has 2 atom stereocenters. The maximum atomic E-state index is 5.81. The first-order valence-electron chi connectivity index (χ1n) is 5.74. The van der Waals surface area contributed by atoms with Gasteiger partial charge in [-0.05, 0) is 28.7 Å². The Bertz CT molecular complexity index is 509. The summed E-state index contributed by atoms with van der Waals surface area (Å²) in [5.74, 6) is 0. The third kappa shape index (κ3) is 1.09. The van der Waals surface area contributed by atoms with E-state index in [1.54, 1.807) is 0 Å². The maximum absolute atomic E-state index is 5.81. The van der Waals surface area contributed by atoms with Crippen LogP contribution in [0.5, 0.6) is 0 Å². The zero-order valence-electron chi connectivity index (χ0n) is 8.89. The van der Waals surface area contributed by atoms with Crippen molar-refractivity contribution in [1.82, 2.24) is 0 Å². The molecule has 0 aromatic heterocycles. The van der Waals surface area contributed by atoms with Gasteiger partial charge in [-0.1, -0.05) is 48.5 Å². The number of hydrogen-bond acceptors (Lipinski definition) is 1. The SMILES string of the molecule is c1ccc2c(c1)Cc1ccccc1[C@@H]1O[C@@H]21. The van der Waals surface area contributed by atoms with Gasteiger partial charge in [0, 0.05) is 0 Å². The molecule has 0 N–H and O–H groups in total. The average Bonchev–Trinajstić information content (AvgIpc) is 3.09. The van der Waals surface area contributed by atoms with Crippen LogP contribution < -0.4 is 0 Å². The van der Waals surface area contributed by atoms with Crippen LogP contribution in [-0.4, -0.2) is 0 Å². The highest BCUT2D eigenvalue weighted by Crippen LogP contribution is 2.54. The largest absolute Gasteiger partial charge is 0.359 e. The lowest BCUT2D eigenvalue weighted by Crippen LogP contribution is -1.93. The van der Waals surface area contributed by atoms with Crippen molar-refractivity contribution in [3.05, 3.63) is 70.8 Å². The van der Waals surface area contributed by atoms with E-state index in [4.69, 9.17) is 4.74 Å². The molecule has 1 fully saturated rings. The molecule has 0 bridgehead atoms. The van der Waals surface area contributed by atoms with Crippen molar-refractivity contribution in [2.24, 2.45) is 0 Å². The molecule has 1 heterocycles. The Hall–Kier alpha value is -1.60. The Labute approximate surface area is 94.7 Å². The molecule has 4 rings (SSSR count). The number of epoxide rings is 1. The molecule has 1 saturated heterocycles. The van der Waals surface area contributed by atoms with Crippen LogP contribution >= 0.6 is 0 Å². The second-order valence-electron chi connectivity index (χ2n) is 4.55. The molecule has 2 aromatic carbocycles. The summed E-state index contributed by atoms with van der Waals surface area (Å²) in [5, 5.41) is 0. The minimum Gasteiger partial charge on any atom is -0.359 e. The summed E-state index contributed by atoms with van der Waals surface area (Å²) >= 11 is 0. The van der Waals surface area contributed by atoms with E-state index in [-0.39, 0.29) is 0 Å². The van der Waals surface area contributed by atoms with Gasteiger partial charge in [-0.25, -0.2) is 0 Å². The summed E-state index contributed by atoms with van der Waals surface area (Å²) < 4.78 is 5.81. The first-order valence-corrected chi connectivity index (χ1v) is 5.74. The number of ether oxygens (including phenoxy) is 1. The van der Waals surface area contributed by atoms with Crippen LogP contribution in [0.1, 0.15) is 34.5 Å². The first kappa shape index (κ1) is 8.54. The van der Waals surface area contributed by atoms with Gasteiger partial charge < -0.3 is 4.74 Å². The fourth-order valence-corrected chi connectivity index (χ4v) is 2.74. The number of hydrogen-bond donors (Lipinski definition) is 0. The Kier molecular flexibility index (Phi) is 1.58. The topological polar surface area (TPSA) is 12.5 Å². The minimum absolute atomic E-state index is 0.305. The van der Waals surface area contributed by atoms with Gasteiger partial charge >= 0.3 is 0 Å². The van der Waals surface area contributed by atoms with E-state index < -0.39 is 0 Å². The molecule has 0 radical (unpaired) electrons. The molecule has 0 amide bonds. The standard InChI is InChI=1S/C15H12O/c1-3-7-12-10(5-1)9-11-6-2-4-8-13(11)15-14(12)16-15/h1-8,14-15H,9H2/t14-,15-/m0/s1. The molecular formula is C15H12O.